The molecule has 24 heavy (non-hydrogen) atoms. The third kappa shape index (κ3) is 3.08. The summed E-state index contributed by atoms with van der Waals surface area (Å²) < 4.78 is 1.59. The van der Waals surface area contributed by atoms with Crippen LogP contribution in [0, 0.1) is 0 Å². The first kappa shape index (κ1) is 16.0. The van der Waals surface area contributed by atoms with Gasteiger partial charge < -0.3 is 0 Å². The highest BCUT2D eigenvalue weighted by Crippen LogP contribution is 2.21. The lowest BCUT2D eigenvalue weighted by Crippen LogP contribution is -2.19. The van der Waals surface area contributed by atoms with Gasteiger partial charge in [0.2, 0.25) is 0 Å². The van der Waals surface area contributed by atoms with Crippen LogP contribution >= 0.6 is 0 Å². The molecule has 0 aliphatic heterocycles. The summed E-state index contributed by atoms with van der Waals surface area (Å²) in [5.74, 6) is 0. The van der Waals surface area contributed by atoms with E-state index in [1.54, 1.807) is 4.68 Å². The van der Waals surface area contributed by atoms with Gasteiger partial charge in [0, 0.05) is 17.8 Å². The Morgan fingerprint density at radius 2 is 1.67 bits per heavy atom. The molecule has 122 valence electrons. The number of hydrogen-bond acceptors (Lipinski definition) is 2. The van der Waals surface area contributed by atoms with Crippen LogP contribution in [0.15, 0.2) is 70.5 Å². The maximum Gasteiger partial charge on any atom is 0.280 e. The average molecular weight is 319 g/mol. The Morgan fingerprint density at radius 1 is 1.04 bits per heavy atom. The van der Waals surface area contributed by atoms with Gasteiger partial charge in [0.15, 0.2) is 0 Å². The molecule has 3 aromatic rings. The van der Waals surface area contributed by atoms with Gasteiger partial charge in [-0.3, -0.25) is 14.9 Å². The fourth-order valence-corrected chi connectivity index (χ4v) is 2.70. The molecule has 1 aromatic heterocycles. The number of aliphatic imine (C=N–C) groups is 1. The molecule has 0 fully saturated rings. The van der Waals surface area contributed by atoms with Crippen LogP contribution in [-0.4, -0.2) is 22.0 Å². The summed E-state index contributed by atoms with van der Waals surface area (Å²) in [7, 11) is 0. The molecular weight excluding hydrogens is 298 g/mol. The van der Waals surface area contributed by atoms with Crippen molar-refractivity contribution in [2.45, 2.75) is 20.3 Å². The van der Waals surface area contributed by atoms with Crippen molar-refractivity contribution in [1.82, 2.24) is 9.78 Å². The van der Waals surface area contributed by atoms with E-state index in [4.69, 9.17) is 0 Å². The smallest absolute Gasteiger partial charge is 0.280 e. The van der Waals surface area contributed by atoms with Crippen molar-refractivity contribution in [2.24, 2.45) is 4.99 Å². The molecule has 0 unspecified atom stereocenters. The molecule has 0 amide bonds. The summed E-state index contributed by atoms with van der Waals surface area (Å²) in [5, 5.41) is 3.26. The normalized spacial score (nSPS) is 11.7. The summed E-state index contributed by atoms with van der Waals surface area (Å²) in [6, 6.07) is 19.5. The summed E-state index contributed by atoms with van der Waals surface area (Å²) >= 11 is 0. The van der Waals surface area contributed by atoms with Crippen LogP contribution in [0.5, 0.6) is 0 Å². The largest absolute Gasteiger partial charge is 0.290 e. The molecule has 3 rings (SSSR count). The van der Waals surface area contributed by atoms with Gasteiger partial charge in [-0.1, -0.05) is 55.5 Å². The number of aromatic amines is 1. The minimum atomic E-state index is -0.0718. The average Bonchev–Trinajstić information content (AvgIpc) is 2.98. The van der Waals surface area contributed by atoms with Crippen LogP contribution in [0.3, 0.4) is 0 Å². The van der Waals surface area contributed by atoms with Crippen LogP contribution in [-0.2, 0) is 0 Å². The SMILES string of the molecule is CCCN=C(C)c1c(-c2ccccc2)[nH]n(-c2ccccc2)c1=O. The molecule has 0 saturated carbocycles. The zero-order valence-corrected chi connectivity index (χ0v) is 14.0. The third-order valence-corrected chi connectivity index (χ3v) is 3.90. The van der Waals surface area contributed by atoms with E-state index in [-0.39, 0.29) is 5.56 Å². The van der Waals surface area contributed by atoms with Gasteiger partial charge in [-0.25, -0.2) is 4.68 Å². The van der Waals surface area contributed by atoms with Crippen molar-refractivity contribution in [3.8, 4) is 16.9 Å². The lowest BCUT2D eigenvalue weighted by Gasteiger charge is -2.02. The number of para-hydroxylation sites is 1. The molecular formula is C20H21N3O. The number of nitrogens with zero attached hydrogens (tertiary/aromatic N) is 2. The molecule has 0 spiro atoms. The van der Waals surface area contributed by atoms with Gasteiger partial charge in [-0.2, -0.15) is 0 Å². The van der Waals surface area contributed by atoms with Crippen LogP contribution in [0.25, 0.3) is 16.9 Å². The van der Waals surface area contributed by atoms with Gasteiger partial charge in [-0.15, -0.1) is 0 Å². The molecule has 2 aromatic carbocycles. The van der Waals surface area contributed by atoms with Crippen LogP contribution in [0.2, 0.25) is 0 Å². The molecule has 0 aliphatic rings. The predicted octanol–water partition coefficient (Wildman–Crippen LogP) is 4.05. The Morgan fingerprint density at radius 3 is 2.29 bits per heavy atom. The lowest BCUT2D eigenvalue weighted by atomic mass is 10.1. The number of benzene rings is 2. The third-order valence-electron chi connectivity index (χ3n) is 3.90. The highest BCUT2D eigenvalue weighted by Gasteiger charge is 2.18. The maximum atomic E-state index is 13.0. The first-order valence-electron chi connectivity index (χ1n) is 8.19. The number of hydrogen-bond donors (Lipinski definition) is 1. The van der Waals surface area contributed by atoms with Crippen molar-refractivity contribution in [1.29, 1.82) is 0 Å². The molecule has 0 aliphatic carbocycles. The number of rotatable bonds is 5. The van der Waals surface area contributed by atoms with Gasteiger partial charge in [0.05, 0.1) is 16.9 Å². The summed E-state index contributed by atoms with van der Waals surface area (Å²) in [5.41, 5.74) is 3.93. The molecule has 1 heterocycles. The second-order valence-corrected chi connectivity index (χ2v) is 5.67. The van der Waals surface area contributed by atoms with E-state index in [2.05, 4.69) is 17.0 Å². The minimum Gasteiger partial charge on any atom is -0.290 e. The van der Waals surface area contributed by atoms with Crippen molar-refractivity contribution in [3.05, 3.63) is 76.6 Å². The van der Waals surface area contributed by atoms with Gasteiger partial charge in [0.1, 0.15) is 0 Å². The standard InChI is InChI=1S/C20H21N3O/c1-3-14-21-15(2)18-19(16-10-6-4-7-11-16)22-23(20(18)24)17-12-8-5-9-13-17/h4-13,22H,3,14H2,1-2H3. The van der Waals surface area contributed by atoms with E-state index < -0.39 is 0 Å². The van der Waals surface area contributed by atoms with E-state index in [1.165, 1.54) is 0 Å². The zero-order chi connectivity index (χ0) is 16.9. The second kappa shape index (κ2) is 7.13. The van der Waals surface area contributed by atoms with E-state index in [9.17, 15) is 4.79 Å². The topological polar surface area (TPSA) is 50.1 Å². The predicted molar refractivity (Wildman–Crippen MR) is 99.2 cm³/mol. The van der Waals surface area contributed by atoms with Gasteiger partial charge >= 0.3 is 0 Å². The molecule has 4 heteroatoms. The molecule has 1 N–H and O–H groups in total. The molecule has 0 atom stereocenters. The second-order valence-electron chi connectivity index (χ2n) is 5.67. The van der Waals surface area contributed by atoms with E-state index in [1.807, 2.05) is 67.6 Å². The maximum absolute atomic E-state index is 13.0. The Hall–Kier alpha value is -2.88. The quantitative estimate of drug-likeness (QED) is 0.709. The molecule has 0 saturated heterocycles. The first-order chi connectivity index (χ1) is 11.7. The molecule has 4 nitrogen and oxygen atoms in total. The Bertz CT molecular complexity index is 890. The fraction of sp³-hybridized carbons (Fsp3) is 0.200. The minimum absolute atomic E-state index is 0.0718. The fourth-order valence-electron chi connectivity index (χ4n) is 2.70. The number of aromatic nitrogens is 2. The van der Waals surface area contributed by atoms with Crippen molar-refractivity contribution < 1.29 is 0 Å². The van der Waals surface area contributed by atoms with Crippen molar-refractivity contribution in [3.63, 3.8) is 0 Å². The van der Waals surface area contributed by atoms with Crippen LogP contribution in [0.4, 0.5) is 0 Å². The molecule has 0 radical (unpaired) electrons. The van der Waals surface area contributed by atoms with Gasteiger partial charge in [-0.05, 0) is 25.5 Å². The Balaban J connectivity index is 2.22. The van der Waals surface area contributed by atoms with Gasteiger partial charge in [0.25, 0.3) is 5.56 Å². The van der Waals surface area contributed by atoms with E-state index in [0.29, 0.717) is 5.56 Å². The zero-order valence-electron chi connectivity index (χ0n) is 14.0. The monoisotopic (exact) mass is 319 g/mol. The molecule has 0 bridgehead atoms. The van der Waals surface area contributed by atoms with Crippen LogP contribution in [0.1, 0.15) is 25.8 Å². The summed E-state index contributed by atoms with van der Waals surface area (Å²) in [4.78, 5) is 17.6. The van der Waals surface area contributed by atoms with Crippen molar-refractivity contribution in [2.75, 3.05) is 6.54 Å². The first-order valence-corrected chi connectivity index (χ1v) is 8.19. The van der Waals surface area contributed by atoms with E-state index >= 15 is 0 Å². The van der Waals surface area contributed by atoms with Crippen LogP contribution < -0.4 is 5.56 Å². The number of H-pyrrole nitrogens is 1. The van der Waals surface area contributed by atoms with Crippen molar-refractivity contribution >= 4 is 5.71 Å². The number of nitrogens with one attached hydrogen (secondary N) is 1. The highest BCUT2D eigenvalue weighted by molar-refractivity contribution is 6.03. The summed E-state index contributed by atoms with van der Waals surface area (Å²) in [6.45, 7) is 4.70. The lowest BCUT2D eigenvalue weighted by molar-refractivity contribution is 0.852. The highest BCUT2D eigenvalue weighted by atomic mass is 16.1. The van der Waals surface area contributed by atoms with E-state index in [0.717, 1.165) is 35.6 Å². The Labute approximate surface area is 141 Å². The summed E-state index contributed by atoms with van der Waals surface area (Å²) in [6.07, 6.45) is 0.954. The Kier molecular flexibility index (Phi) is 4.75.